The van der Waals surface area contributed by atoms with Crippen LogP contribution >= 0.6 is 0 Å². The van der Waals surface area contributed by atoms with Crippen LogP contribution in [0.15, 0.2) is 60.7 Å². The Bertz CT molecular complexity index is 2320. The first-order chi connectivity index (χ1) is 35.8. The molecule has 25 nitrogen and oxygen atoms in total. The fourth-order valence-electron chi connectivity index (χ4n) is 9.09. The SMILES string of the molecule is NC(=O)CC[C@H](NC(=O)[C@H](CCC(N)=O)NC(=O)[C@@H]1CCCN1C(=O)[C@H](CCCC[NH3+])NC(=O)[C@@H]1CCCN1C(=O)[C@@H]([NH3+])CCC[NH+]=C(N)N)C(=O)N[C@@H](Cc1ccccc1)C(=O)N[C@@H](Cc1ccccc1)C(=O)[O-]. The first-order valence-corrected chi connectivity index (χ1v) is 25.5. The van der Waals surface area contributed by atoms with Gasteiger partial charge in [0.2, 0.25) is 47.3 Å². The van der Waals surface area contributed by atoms with Crippen LogP contribution in [-0.2, 0) is 60.8 Å². The molecule has 2 heterocycles. The predicted molar refractivity (Wildman–Crippen MR) is 268 cm³/mol. The number of carbonyl (C=O) groups is 10. The maximum atomic E-state index is 14.4. The number of hydrogen-bond donors (Lipinski definition) is 12. The molecule has 2 fully saturated rings. The van der Waals surface area contributed by atoms with Crippen LogP contribution in [0.3, 0.4) is 0 Å². The number of benzene rings is 2. The summed E-state index contributed by atoms with van der Waals surface area (Å²) in [7, 11) is 0. The number of quaternary nitrogens is 2. The van der Waals surface area contributed by atoms with Crippen molar-refractivity contribution < 1.29 is 69.5 Å². The van der Waals surface area contributed by atoms with Gasteiger partial charge in [-0.1, -0.05) is 60.7 Å². The molecule has 0 saturated carbocycles. The second-order valence-electron chi connectivity index (χ2n) is 19.0. The number of aliphatic carboxylic acids is 1. The molecule has 2 aromatic rings. The minimum Gasteiger partial charge on any atom is -0.548 e. The Hall–Kier alpha value is -7.67. The number of amides is 9. The average molecular weight is 1050 g/mol. The minimum atomic E-state index is -1.58. The van der Waals surface area contributed by atoms with Crippen LogP contribution in [0, 0.1) is 0 Å². The summed E-state index contributed by atoms with van der Waals surface area (Å²) in [4.78, 5) is 140. The molecule has 25 heteroatoms. The quantitative estimate of drug-likeness (QED) is 0.0190. The van der Waals surface area contributed by atoms with E-state index in [9.17, 15) is 53.1 Å². The van der Waals surface area contributed by atoms with Crippen LogP contribution in [0.4, 0.5) is 0 Å². The smallest absolute Gasteiger partial charge is 0.338 e. The molecule has 2 saturated heterocycles. The number of carboxylic acids is 1. The van der Waals surface area contributed by atoms with Crippen molar-refractivity contribution in [1.82, 2.24) is 36.4 Å². The lowest BCUT2D eigenvalue weighted by molar-refractivity contribution is -0.463. The Kier molecular flexibility index (Phi) is 24.4. The van der Waals surface area contributed by atoms with Crippen LogP contribution in [0.5, 0.6) is 0 Å². The lowest BCUT2D eigenvalue weighted by Gasteiger charge is -2.31. The summed E-state index contributed by atoms with van der Waals surface area (Å²) < 4.78 is 0. The molecule has 20 N–H and O–H groups in total. The van der Waals surface area contributed by atoms with Gasteiger partial charge in [-0.25, -0.2) is 0 Å². The number of hydrogen-bond acceptors (Lipinski definition) is 11. The van der Waals surface area contributed by atoms with Crippen molar-refractivity contribution in [1.29, 1.82) is 0 Å². The van der Waals surface area contributed by atoms with Gasteiger partial charge < -0.3 is 69.2 Å². The number of nitrogens with zero attached hydrogens (tertiary/aromatic N) is 2. The molecule has 0 aliphatic carbocycles. The summed E-state index contributed by atoms with van der Waals surface area (Å²) >= 11 is 0. The van der Waals surface area contributed by atoms with Gasteiger partial charge in [0.25, 0.3) is 5.91 Å². The fourth-order valence-corrected chi connectivity index (χ4v) is 9.09. The van der Waals surface area contributed by atoms with Gasteiger partial charge in [-0.2, -0.15) is 0 Å². The molecule has 4 rings (SSSR count). The van der Waals surface area contributed by atoms with Gasteiger partial charge in [-0.05, 0) is 81.8 Å². The number of rotatable bonds is 31. The third kappa shape index (κ3) is 19.6. The van der Waals surface area contributed by atoms with Crippen LogP contribution in [0.2, 0.25) is 0 Å². The van der Waals surface area contributed by atoms with Gasteiger partial charge in [-0.15, -0.1) is 0 Å². The summed E-state index contributed by atoms with van der Waals surface area (Å²) in [5, 5.41) is 25.2. The normalized spacial score (nSPS) is 17.5. The van der Waals surface area contributed by atoms with Crippen molar-refractivity contribution in [2.75, 3.05) is 26.2 Å². The summed E-state index contributed by atoms with van der Waals surface area (Å²) in [6.45, 7) is 1.45. The zero-order valence-electron chi connectivity index (χ0n) is 42.4. The van der Waals surface area contributed by atoms with Gasteiger partial charge >= 0.3 is 5.96 Å². The van der Waals surface area contributed by atoms with E-state index < -0.39 is 114 Å². The van der Waals surface area contributed by atoms with Crippen molar-refractivity contribution in [3.63, 3.8) is 0 Å². The number of unbranched alkanes of at least 4 members (excludes halogenated alkanes) is 1. The van der Waals surface area contributed by atoms with E-state index in [0.717, 1.165) is 0 Å². The molecule has 0 aromatic heterocycles. The second kappa shape index (κ2) is 30.5. The Morgan fingerprint density at radius 3 is 1.52 bits per heavy atom. The average Bonchev–Trinajstić information content (AvgIpc) is 4.08. The number of primary amides is 2. The van der Waals surface area contributed by atoms with Crippen LogP contribution in [0.25, 0.3) is 0 Å². The first-order valence-electron chi connectivity index (χ1n) is 25.5. The van der Waals surface area contributed by atoms with Crippen molar-refractivity contribution >= 4 is 65.1 Å². The Morgan fingerprint density at radius 1 is 0.573 bits per heavy atom. The number of nitrogens with one attached hydrogen (secondary N) is 6. The highest BCUT2D eigenvalue weighted by Crippen LogP contribution is 2.23. The molecule has 9 amide bonds. The lowest BCUT2D eigenvalue weighted by Crippen LogP contribution is -2.78. The Balaban J connectivity index is 1.52. The number of likely N-dealkylation sites (tertiary alicyclic amines) is 2. The van der Waals surface area contributed by atoms with Gasteiger partial charge in [0, 0.05) is 38.8 Å². The van der Waals surface area contributed by atoms with E-state index >= 15 is 0 Å². The maximum absolute atomic E-state index is 14.4. The molecule has 0 spiro atoms. The van der Waals surface area contributed by atoms with E-state index in [1.54, 1.807) is 60.7 Å². The zero-order chi connectivity index (χ0) is 55.0. The molecular formula is C50H76N14O11+2. The molecule has 75 heavy (non-hydrogen) atoms. The number of guanidine groups is 1. The summed E-state index contributed by atoms with van der Waals surface area (Å²) in [6, 6.07) is 7.22. The molecule has 0 bridgehead atoms. The van der Waals surface area contributed by atoms with Gasteiger partial charge in [0.15, 0.2) is 6.04 Å². The molecule has 410 valence electrons. The molecular weight excluding hydrogens is 973 g/mol. The van der Waals surface area contributed by atoms with E-state index in [1.165, 1.54) is 9.80 Å². The number of carbonyl (C=O) groups excluding carboxylic acids is 10. The van der Waals surface area contributed by atoms with Crippen LogP contribution in [0.1, 0.15) is 94.6 Å². The Labute approximate surface area is 435 Å². The molecule has 0 radical (unpaired) electrons. The predicted octanol–water partition coefficient (Wildman–Crippen LogP) is -7.68. The van der Waals surface area contributed by atoms with E-state index in [0.29, 0.717) is 75.7 Å². The molecule has 0 unspecified atom stereocenters. The minimum absolute atomic E-state index is 0.0575. The van der Waals surface area contributed by atoms with E-state index in [2.05, 4.69) is 43.0 Å². The maximum Gasteiger partial charge on any atom is 0.338 e. The number of nitrogens with two attached hydrogens (primary N) is 4. The second-order valence-corrected chi connectivity index (χ2v) is 19.0. The largest absolute Gasteiger partial charge is 0.548 e. The van der Waals surface area contributed by atoms with E-state index in [1.807, 2.05) is 0 Å². The van der Waals surface area contributed by atoms with E-state index in [-0.39, 0.29) is 56.9 Å². The highest BCUT2D eigenvalue weighted by molar-refractivity contribution is 5.98. The third-order valence-electron chi connectivity index (χ3n) is 13.1. The third-order valence-corrected chi connectivity index (χ3v) is 13.1. The monoisotopic (exact) mass is 1050 g/mol. The van der Waals surface area contributed by atoms with Crippen LogP contribution < -0.4 is 71.1 Å². The van der Waals surface area contributed by atoms with Crippen molar-refractivity contribution in [3.05, 3.63) is 71.8 Å². The van der Waals surface area contributed by atoms with Crippen molar-refractivity contribution in [2.45, 2.75) is 145 Å². The topological polar surface area (TPSA) is 434 Å². The molecule has 2 aliphatic rings. The van der Waals surface area contributed by atoms with Crippen molar-refractivity contribution in [3.8, 4) is 0 Å². The summed E-state index contributed by atoms with van der Waals surface area (Å²) in [5.74, 6) is -8.18. The van der Waals surface area contributed by atoms with Crippen molar-refractivity contribution in [2.24, 2.45) is 22.9 Å². The first kappa shape index (κ1) is 59.9. The molecule has 2 aliphatic heterocycles. The highest BCUT2D eigenvalue weighted by Gasteiger charge is 2.42. The summed E-state index contributed by atoms with van der Waals surface area (Å²) in [6.07, 6.45) is 1.95. The standard InChI is InChI=1S/C50H74N14O11/c51-24-8-7-17-35(60-46(71)38-18-10-26-63(38)47(72)32(52)16-9-25-57-50(55)56)48(73)64-27-11-19-39(64)45(70)59-34(21-23-41(54)66)42(67)58-33(20-22-40(53)65)43(68)61-36(28-30-12-3-1-4-13-30)44(69)62-37(49(74)75)29-31-14-5-2-6-15-31/h1-6,12-15,32-39H,7-11,16-29,51-52H2,(H2,53,65)(H2,54,66)(H,58,67)(H,59,70)(H,60,71)(H,61,68)(H,62,69)(H,74,75)(H4,55,56,57)/p+2/t32-,33-,34-,35-,36-,37-,38-,39-/m0/s1. The summed E-state index contributed by atoms with van der Waals surface area (Å²) in [5.41, 5.74) is 30.9. The fraction of sp³-hybridized carbons (Fsp3) is 0.540. The van der Waals surface area contributed by atoms with Gasteiger partial charge in [0.05, 0.1) is 25.1 Å². The van der Waals surface area contributed by atoms with Crippen LogP contribution in [-0.4, -0.2) is 149 Å². The van der Waals surface area contributed by atoms with Gasteiger partial charge in [-0.3, -0.25) is 59.6 Å². The lowest BCUT2D eigenvalue weighted by atomic mass is 10.0. The number of carboxylic acid groups (broad SMARTS) is 1. The molecule has 2 aromatic carbocycles. The van der Waals surface area contributed by atoms with Gasteiger partial charge in [0.1, 0.15) is 36.3 Å². The highest BCUT2D eigenvalue weighted by atomic mass is 16.4. The Morgan fingerprint density at radius 2 is 1.03 bits per heavy atom. The molecule has 8 atom stereocenters. The zero-order valence-corrected chi connectivity index (χ0v) is 42.4. The van der Waals surface area contributed by atoms with E-state index in [4.69, 9.17) is 22.9 Å².